The molecule has 16 heavy (non-hydrogen) atoms. The molecule has 1 aliphatic rings. The average Bonchev–Trinajstić information content (AvgIpc) is 2.27. The lowest BCUT2D eigenvalue weighted by Crippen LogP contribution is -2.50. The van der Waals surface area contributed by atoms with Crippen molar-refractivity contribution in [3.8, 4) is 0 Å². The molecule has 0 radical (unpaired) electrons. The fourth-order valence-electron chi connectivity index (χ4n) is 1.96. The highest BCUT2D eigenvalue weighted by molar-refractivity contribution is 7.99. The molecule has 2 unspecified atom stereocenters. The zero-order valence-corrected chi connectivity index (χ0v) is 10.8. The van der Waals surface area contributed by atoms with E-state index >= 15 is 0 Å². The molecule has 0 aromatic heterocycles. The summed E-state index contributed by atoms with van der Waals surface area (Å²) in [5.41, 5.74) is -0.772. The molecule has 4 nitrogen and oxygen atoms in total. The maximum Gasteiger partial charge on any atom is 0.311 e. The van der Waals surface area contributed by atoms with Crippen molar-refractivity contribution in [2.24, 2.45) is 5.41 Å². The van der Waals surface area contributed by atoms with Crippen molar-refractivity contribution in [1.82, 2.24) is 4.90 Å². The normalized spacial score (nSPS) is 27.6. The quantitative estimate of drug-likeness (QED) is 0.817. The van der Waals surface area contributed by atoms with Crippen molar-refractivity contribution in [3.63, 3.8) is 0 Å². The zero-order valence-electron chi connectivity index (χ0n) is 10.0. The van der Waals surface area contributed by atoms with Crippen LogP contribution in [-0.4, -0.2) is 46.5 Å². The summed E-state index contributed by atoms with van der Waals surface area (Å²) in [5, 5.41) is 9.06. The van der Waals surface area contributed by atoms with Gasteiger partial charge in [0.05, 0.1) is 10.7 Å². The van der Waals surface area contributed by atoms with Gasteiger partial charge in [0.1, 0.15) is 0 Å². The Balaban J connectivity index is 2.71. The first-order chi connectivity index (χ1) is 7.40. The van der Waals surface area contributed by atoms with E-state index < -0.39 is 11.4 Å². The number of thioether (sulfide) groups is 1. The summed E-state index contributed by atoms with van der Waals surface area (Å²) in [6, 6.07) is 0. The number of carbonyl (C=O) groups excluding carboxylic acids is 1. The summed E-state index contributed by atoms with van der Waals surface area (Å²) in [7, 11) is 0. The third kappa shape index (κ3) is 2.70. The minimum Gasteiger partial charge on any atom is -0.481 e. The summed E-state index contributed by atoms with van der Waals surface area (Å²) in [6.45, 7) is 4.61. The van der Waals surface area contributed by atoms with Gasteiger partial charge in [-0.3, -0.25) is 9.59 Å². The van der Waals surface area contributed by atoms with Gasteiger partial charge in [-0.05, 0) is 32.9 Å². The van der Waals surface area contributed by atoms with E-state index in [4.69, 9.17) is 5.11 Å². The smallest absolute Gasteiger partial charge is 0.311 e. The Morgan fingerprint density at radius 1 is 1.50 bits per heavy atom. The first-order valence-corrected chi connectivity index (χ1v) is 6.74. The number of nitrogens with zero attached hydrogens (tertiary/aromatic N) is 1. The second-order valence-corrected chi connectivity index (χ2v) is 5.79. The zero-order chi connectivity index (χ0) is 12.3. The lowest BCUT2D eigenvalue weighted by Gasteiger charge is -2.38. The molecular formula is C11H19NO3S. The van der Waals surface area contributed by atoms with Crippen LogP contribution < -0.4 is 0 Å². The highest BCUT2D eigenvalue weighted by atomic mass is 32.2. The Bertz CT molecular complexity index is 295. The molecule has 1 fully saturated rings. The first-order valence-electron chi connectivity index (χ1n) is 5.46. The summed E-state index contributed by atoms with van der Waals surface area (Å²) in [4.78, 5) is 24.8. The van der Waals surface area contributed by atoms with Gasteiger partial charge in [0.25, 0.3) is 0 Å². The molecule has 1 N–H and O–H groups in total. The van der Waals surface area contributed by atoms with Crippen molar-refractivity contribution < 1.29 is 14.7 Å². The van der Waals surface area contributed by atoms with Crippen LogP contribution >= 0.6 is 11.8 Å². The first kappa shape index (κ1) is 13.4. The van der Waals surface area contributed by atoms with Crippen LogP contribution in [0.15, 0.2) is 0 Å². The standard InChI is InChI=1S/C11H19NO3S/c1-8(16-3)9(13)12-6-4-5-11(2,7-12)10(14)15/h8H,4-7H2,1-3H3,(H,14,15). The van der Waals surface area contributed by atoms with Gasteiger partial charge in [0, 0.05) is 13.1 Å². The molecule has 0 aliphatic carbocycles. The van der Waals surface area contributed by atoms with Crippen molar-refractivity contribution in [2.75, 3.05) is 19.3 Å². The number of amides is 1. The van der Waals surface area contributed by atoms with Gasteiger partial charge < -0.3 is 10.0 Å². The number of hydrogen-bond donors (Lipinski definition) is 1. The molecule has 2 atom stereocenters. The van der Waals surface area contributed by atoms with Crippen molar-refractivity contribution in [2.45, 2.75) is 31.9 Å². The third-order valence-corrected chi connectivity index (χ3v) is 4.13. The van der Waals surface area contributed by atoms with Crippen molar-refractivity contribution >= 4 is 23.6 Å². The summed E-state index contributed by atoms with van der Waals surface area (Å²) >= 11 is 1.50. The van der Waals surface area contributed by atoms with E-state index in [1.165, 1.54) is 11.8 Å². The van der Waals surface area contributed by atoms with Gasteiger partial charge in [-0.2, -0.15) is 11.8 Å². The number of likely N-dealkylation sites (tertiary alicyclic amines) is 1. The maximum atomic E-state index is 12.0. The van der Waals surface area contributed by atoms with Crippen LogP contribution in [0.5, 0.6) is 0 Å². The largest absolute Gasteiger partial charge is 0.481 e. The third-order valence-electron chi connectivity index (χ3n) is 3.23. The van der Waals surface area contributed by atoms with Gasteiger partial charge in [0.15, 0.2) is 0 Å². The number of carboxylic acid groups (broad SMARTS) is 1. The van der Waals surface area contributed by atoms with E-state index in [9.17, 15) is 9.59 Å². The molecule has 5 heteroatoms. The number of piperidine rings is 1. The predicted octanol–water partition coefficient (Wildman–Crippen LogP) is 1.45. The molecule has 1 amide bonds. The van der Waals surface area contributed by atoms with E-state index in [2.05, 4.69) is 0 Å². The van der Waals surface area contributed by atoms with Gasteiger partial charge in [-0.15, -0.1) is 0 Å². The Hall–Kier alpha value is -0.710. The Labute approximate surface area is 100 Å². The van der Waals surface area contributed by atoms with Crippen LogP contribution in [0.3, 0.4) is 0 Å². The maximum absolute atomic E-state index is 12.0. The second-order valence-electron chi connectivity index (χ2n) is 4.61. The van der Waals surface area contributed by atoms with E-state index in [0.29, 0.717) is 19.5 Å². The van der Waals surface area contributed by atoms with E-state index in [1.807, 2.05) is 13.2 Å². The number of rotatable bonds is 3. The molecule has 0 saturated carbocycles. The molecular weight excluding hydrogens is 226 g/mol. The summed E-state index contributed by atoms with van der Waals surface area (Å²) in [5.74, 6) is -0.749. The molecule has 0 aromatic carbocycles. The lowest BCUT2D eigenvalue weighted by molar-refractivity contribution is -0.153. The molecule has 92 valence electrons. The van der Waals surface area contributed by atoms with Gasteiger partial charge in [-0.1, -0.05) is 0 Å². The molecule has 1 aliphatic heterocycles. The van der Waals surface area contributed by atoms with Gasteiger partial charge in [-0.25, -0.2) is 0 Å². The van der Waals surface area contributed by atoms with Crippen molar-refractivity contribution in [1.29, 1.82) is 0 Å². The van der Waals surface area contributed by atoms with E-state index in [-0.39, 0.29) is 11.2 Å². The van der Waals surface area contributed by atoms with Gasteiger partial charge in [0.2, 0.25) is 5.91 Å². The van der Waals surface area contributed by atoms with Crippen LogP contribution in [0.2, 0.25) is 0 Å². The van der Waals surface area contributed by atoms with Crippen LogP contribution in [0.4, 0.5) is 0 Å². The molecule has 1 heterocycles. The van der Waals surface area contributed by atoms with Crippen LogP contribution in [0, 0.1) is 5.41 Å². The monoisotopic (exact) mass is 245 g/mol. The Kier molecular flexibility index (Phi) is 4.24. The second kappa shape index (κ2) is 5.08. The fraction of sp³-hybridized carbons (Fsp3) is 0.818. The molecule has 0 aromatic rings. The summed E-state index contributed by atoms with van der Waals surface area (Å²) in [6.07, 6.45) is 3.32. The van der Waals surface area contributed by atoms with E-state index in [1.54, 1.807) is 11.8 Å². The lowest BCUT2D eigenvalue weighted by atomic mass is 9.82. The van der Waals surface area contributed by atoms with Crippen LogP contribution in [0.25, 0.3) is 0 Å². The van der Waals surface area contributed by atoms with Gasteiger partial charge >= 0.3 is 5.97 Å². The SMILES string of the molecule is CSC(C)C(=O)N1CCCC(C)(C(=O)O)C1. The minimum absolute atomic E-state index is 0.0553. The van der Waals surface area contributed by atoms with E-state index in [0.717, 1.165) is 6.42 Å². The number of hydrogen-bond acceptors (Lipinski definition) is 3. The van der Waals surface area contributed by atoms with Crippen LogP contribution in [-0.2, 0) is 9.59 Å². The molecule has 1 rings (SSSR count). The van der Waals surface area contributed by atoms with Crippen molar-refractivity contribution in [3.05, 3.63) is 0 Å². The Morgan fingerprint density at radius 2 is 2.12 bits per heavy atom. The number of carbonyl (C=O) groups is 2. The highest BCUT2D eigenvalue weighted by Gasteiger charge is 2.39. The van der Waals surface area contributed by atoms with Crippen LogP contribution in [0.1, 0.15) is 26.7 Å². The predicted molar refractivity (Wildman–Crippen MR) is 64.5 cm³/mol. The fourth-order valence-corrected chi connectivity index (χ4v) is 2.31. The number of carboxylic acids is 1. The topological polar surface area (TPSA) is 57.6 Å². The minimum atomic E-state index is -0.804. The molecule has 0 spiro atoms. The molecule has 0 bridgehead atoms. The molecule has 1 saturated heterocycles. The highest BCUT2D eigenvalue weighted by Crippen LogP contribution is 2.30. The number of aliphatic carboxylic acids is 1. The summed E-state index contributed by atoms with van der Waals surface area (Å²) < 4.78 is 0. The average molecular weight is 245 g/mol. The Morgan fingerprint density at radius 3 is 2.62 bits per heavy atom.